The van der Waals surface area contributed by atoms with Crippen LogP contribution in [-0.2, 0) is 19.0 Å². The maximum atomic E-state index is 12.9. The first kappa shape index (κ1) is 91.1. The van der Waals surface area contributed by atoms with E-state index < -0.39 is 0 Å². The number of ether oxygens (including phenoxy) is 4. The molecule has 3 unspecified atom stereocenters. The summed E-state index contributed by atoms with van der Waals surface area (Å²) in [5.74, 6) is 0.672. The van der Waals surface area contributed by atoms with E-state index in [2.05, 4.69) is 230 Å². The van der Waals surface area contributed by atoms with Gasteiger partial charge in [0.25, 0.3) is 0 Å². The fourth-order valence-corrected chi connectivity index (χ4v) is 18.0. The predicted octanol–water partition coefficient (Wildman–Crippen LogP) is 17.6. The molecule has 0 saturated carbocycles. The number of amides is 2. The van der Waals surface area contributed by atoms with Crippen LogP contribution in [0.25, 0.3) is 22.0 Å². The summed E-state index contributed by atoms with van der Waals surface area (Å²) in [6.45, 7) is 41.6. The van der Waals surface area contributed by atoms with E-state index in [1.54, 1.807) is 6.20 Å². The number of piperidine rings is 1. The Balaban J connectivity index is 0.000000161. The molecule has 0 spiro atoms. The highest BCUT2D eigenvalue weighted by molar-refractivity contribution is 9.10. The average molecular weight is 1630 g/mol. The second kappa shape index (κ2) is 43.1. The van der Waals surface area contributed by atoms with Crippen molar-refractivity contribution in [3.05, 3.63) is 174 Å². The number of nitrogens with zero attached hydrogens (tertiary/aromatic N) is 12. The Bertz CT molecular complexity index is 4030. The first-order chi connectivity index (χ1) is 54.4. The zero-order valence-corrected chi connectivity index (χ0v) is 74.6. The molecular formula is C94H144BrN12O7+5. The minimum atomic E-state index is -0.167. The number of pyridine rings is 3. The van der Waals surface area contributed by atoms with Crippen molar-refractivity contribution < 1.29 is 55.8 Å². The van der Waals surface area contributed by atoms with Gasteiger partial charge in [-0.2, -0.15) is 4.79 Å². The van der Waals surface area contributed by atoms with Crippen LogP contribution in [0.2, 0.25) is 0 Å². The third-order valence-corrected chi connectivity index (χ3v) is 25.8. The number of fused-ring (bicyclic) bond motifs is 7. The molecule has 624 valence electrons. The van der Waals surface area contributed by atoms with Crippen LogP contribution < -0.4 is 14.2 Å². The van der Waals surface area contributed by atoms with E-state index in [0.717, 1.165) is 148 Å². The van der Waals surface area contributed by atoms with Crippen molar-refractivity contribution in [3.63, 3.8) is 0 Å². The Morgan fingerprint density at radius 2 is 1.34 bits per heavy atom. The third kappa shape index (κ3) is 25.4. The molecule has 20 heteroatoms. The molecule has 8 fully saturated rings. The summed E-state index contributed by atoms with van der Waals surface area (Å²) in [6, 6.07) is 41.3. The fraction of sp³-hybridized carbons (Fsp3) is 0.596. The summed E-state index contributed by atoms with van der Waals surface area (Å²) in [7, 11) is 13.3. The molecule has 114 heavy (non-hydrogen) atoms. The number of para-hydroxylation sites is 1. The molecule has 19 nitrogen and oxygen atoms in total. The Labute approximate surface area is 694 Å². The van der Waals surface area contributed by atoms with Crippen LogP contribution in [0.3, 0.4) is 0 Å². The van der Waals surface area contributed by atoms with Gasteiger partial charge in [0.15, 0.2) is 18.4 Å². The topological polar surface area (TPSA) is 136 Å². The van der Waals surface area contributed by atoms with Gasteiger partial charge >= 0.3 is 12.1 Å². The number of benzene rings is 3. The fourth-order valence-electron chi connectivity index (χ4n) is 17.7. The third-order valence-electron chi connectivity index (χ3n) is 25.3. The van der Waals surface area contributed by atoms with Gasteiger partial charge in [0.1, 0.15) is 50.6 Å². The molecule has 7 aromatic rings. The number of quaternary nitrogens is 4. The van der Waals surface area contributed by atoms with Crippen LogP contribution in [0.1, 0.15) is 206 Å². The lowest BCUT2D eigenvalue weighted by molar-refractivity contribution is -1.00. The standard InChI is InChI=1S/C23H31N3O2.C20H26N2O2.C17H25BrN2O2.2C13H21N2.C8H20NO/c1-19(2)26(23(27)7-3-4-13-25-14-16-28-17-15-25)22-10-8-20(9-11-22)21-6-5-12-24-18-21;1-13(2)22-12-18(17-6-4-5-7-19(17)22)20(23)24-16-10-14-8-9-15(11-16)21(14)3;1-14(2)19-8-3-9-20(12-10-19,13-11-19)17(21)22-16-6-4-15(18)5-7-16;1-11(2)15-9-4-6-12(10-15)13-7-5-8-14(13)3;1-11(2)15(3)9-5-7-13(15)12-6-4-8-14-10-12;1-8(2)10-7-6-9(3,4)5/h5-6,8-12,18-19H,3-4,7,13-17H2,1-2H3;4-7,12-16H,8-11H2,1-3H3;4-7,14H,3,8-13H2,1-2H3;4,6,9-11,13H,5,7-8H2,1-3H3;4,6,8,10-11,13H,5,7,9H2,1-3H3;8H,6-7H2,1-5H3/q;;+2;3*+1/t;14-,15?,16?;;13-;13-,15?;/m.0.00./s1. The number of rotatable bonds is 21. The number of carbonyl (C=O) groups excluding carboxylic acids is 3. The normalized spacial score (nSPS) is 23.5. The molecule has 6 atom stereocenters. The summed E-state index contributed by atoms with van der Waals surface area (Å²) in [5, 5.41) is 0.993. The lowest BCUT2D eigenvalue weighted by atomic mass is 10.0. The van der Waals surface area contributed by atoms with Gasteiger partial charge in [0.05, 0.1) is 91.4 Å². The van der Waals surface area contributed by atoms with Crippen molar-refractivity contribution in [2.24, 2.45) is 0 Å². The number of carbonyl (C=O) groups is 3. The van der Waals surface area contributed by atoms with Crippen LogP contribution in [0.15, 0.2) is 157 Å². The van der Waals surface area contributed by atoms with Gasteiger partial charge in [-0.1, -0.05) is 58.4 Å². The second-order valence-electron chi connectivity index (χ2n) is 36.0. The molecule has 4 bridgehead atoms. The van der Waals surface area contributed by atoms with E-state index in [1.165, 1.54) is 78.3 Å². The average Bonchev–Trinajstić information content (AvgIpc) is 1.61. The SMILES string of the molecule is CC(C)N(C(=O)CCCCN1CCOCC1)c1ccc(-c2cccnc2)cc1.CC(C)OCC[N+](C)(C)C.CC(C)[N+]1(C)CCC[C@H]1c1cccnc1.CC(C)[N+]12CCC[N+](C(=O)Oc3ccc(Br)cc3)(CC1)CC2.CC(C)[n+]1cccc([C@@H]2CCCN2C)c1.CC(C)n1cc(C(=O)OC2CC3CC[C@@H](C2)N3C)c2ccccc21. The number of piperazine rings is 1. The zero-order chi connectivity index (χ0) is 82.3. The van der Waals surface area contributed by atoms with E-state index in [0.29, 0.717) is 76.7 Å². The number of esters is 1. The van der Waals surface area contributed by atoms with E-state index in [-0.39, 0.29) is 30.1 Å². The molecule has 12 heterocycles. The van der Waals surface area contributed by atoms with Crippen molar-refractivity contribution in [2.45, 2.75) is 227 Å². The predicted molar refractivity (Wildman–Crippen MR) is 466 cm³/mol. The number of halogens is 1. The van der Waals surface area contributed by atoms with Gasteiger partial charge in [0.2, 0.25) is 5.91 Å². The zero-order valence-electron chi connectivity index (χ0n) is 73.0. The highest BCUT2D eigenvalue weighted by atomic mass is 79.9. The van der Waals surface area contributed by atoms with Crippen molar-refractivity contribution in [1.29, 1.82) is 0 Å². The van der Waals surface area contributed by atoms with Gasteiger partial charge in [0, 0.05) is 151 Å². The van der Waals surface area contributed by atoms with E-state index in [9.17, 15) is 14.4 Å². The molecule has 3 aromatic carbocycles. The Kier molecular flexibility index (Phi) is 34.4. The van der Waals surface area contributed by atoms with Crippen molar-refractivity contribution in [1.82, 2.24) is 29.2 Å². The molecule has 4 aromatic heterocycles. The summed E-state index contributed by atoms with van der Waals surface area (Å²) < 4.78 is 31.7. The van der Waals surface area contributed by atoms with E-state index in [1.807, 2.05) is 96.4 Å². The van der Waals surface area contributed by atoms with Crippen LogP contribution >= 0.6 is 15.9 Å². The Morgan fingerprint density at radius 1 is 0.675 bits per heavy atom. The van der Waals surface area contributed by atoms with E-state index >= 15 is 0 Å². The summed E-state index contributed by atoms with van der Waals surface area (Å²) in [5.41, 5.74) is 7.82. The van der Waals surface area contributed by atoms with Crippen LogP contribution in [0.4, 0.5) is 10.5 Å². The molecule has 2 amide bonds. The number of unbranched alkanes of at least 4 members (excludes halogenated alkanes) is 1. The summed E-state index contributed by atoms with van der Waals surface area (Å²) in [6.07, 6.45) is 27.7. The van der Waals surface area contributed by atoms with Crippen molar-refractivity contribution >= 4 is 50.5 Å². The quantitative estimate of drug-likeness (QED) is 0.0293. The first-order valence-corrected chi connectivity index (χ1v) is 43.9. The number of likely N-dealkylation sites (tertiary alicyclic amines) is 2. The summed E-state index contributed by atoms with van der Waals surface area (Å²) in [4.78, 5) is 56.2. The number of aromatic nitrogens is 4. The molecule has 0 radical (unpaired) electrons. The highest BCUT2D eigenvalue weighted by Crippen LogP contribution is 2.41. The van der Waals surface area contributed by atoms with Crippen molar-refractivity contribution in [3.8, 4) is 16.9 Å². The maximum Gasteiger partial charge on any atom is 0.521 e. The first-order valence-electron chi connectivity index (χ1n) is 43.1. The minimum absolute atomic E-state index is 0.0624. The summed E-state index contributed by atoms with van der Waals surface area (Å²) >= 11 is 3.40. The lowest BCUT2D eigenvalue weighted by Gasteiger charge is -2.46. The molecule has 0 aliphatic carbocycles. The molecule has 0 N–H and O–H groups in total. The molecule has 15 rings (SSSR count). The molecule has 8 aliphatic rings. The molecule has 8 saturated heterocycles. The van der Waals surface area contributed by atoms with Crippen LogP contribution in [0, 0.1) is 0 Å². The van der Waals surface area contributed by atoms with Crippen molar-refractivity contribution in [2.75, 3.05) is 146 Å². The second-order valence-corrected chi connectivity index (χ2v) is 36.9. The molecule has 8 aliphatic heterocycles. The monoisotopic (exact) mass is 1630 g/mol. The number of likely N-dealkylation sites (N-methyl/N-ethyl adjacent to an activating group) is 1. The highest BCUT2D eigenvalue weighted by Gasteiger charge is 2.52. The number of hydrogen-bond acceptors (Lipinski definition) is 12. The Morgan fingerprint density at radius 3 is 1.93 bits per heavy atom. The number of hydrogen-bond donors (Lipinski definition) is 0. The molecular weight excluding hydrogens is 1490 g/mol. The number of anilines is 1. The van der Waals surface area contributed by atoms with Gasteiger partial charge < -0.3 is 46.8 Å². The lowest BCUT2D eigenvalue weighted by Crippen LogP contribution is -2.68. The van der Waals surface area contributed by atoms with Gasteiger partial charge in [-0.05, 0) is 221 Å². The van der Waals surface area contributed by atoms with Gasteiger partial charge in [-0.15, -0.1) is 0 Å². The van der Waals surface area contributed by atoms with Crippen LogP contribution in [0.5, 0.6) is 5.75 Å². The Hall–Kier alpha value is -6.82. The van der Waals surface area contributed by atoms with E-state index in [4.69, 9.17) is 18.9 Å². The largest absolute Gasteiger partial charge is 0.521 e. The van der Waals surface area contributed by atoms with Gasteiger partial charge in [-0.3, -0.25) is 24.6 Å². The van der Waals surface area contributed by atoms with Gasteiger partial charge in [-0.25, -0.2) is 13.8 Å². The number of morpholine rings is 1. The van der Waals surface area contributed by atoms with Crippen LogP contribution in [-0.4, -0.2) is 248 Å². The maximum absolute atomic E-state index is 12.9. The smallest absolute Gasteiger partial charge is 0.459 e. The minimum Gasteiger partial charge on any atom is -0.459 e.